The summed E-state index contributed by atoms with van der Waals surface area (Å²) in [4.78, 5) is 14.8. The summed E-state index contributed by atoms with van der Waals surface area (Å²) in [6.07, 6.45) is 1.29. The number of piperidine rings is 1. The predicted molar refractivity (Wildman–Crippen MR) is 94.7 cm³/mol. The molecule has 0 bridgehead atoms. The largest absolute Gasteiger partial charge is 0.371 e. The molecule has 0 atom stereocenters. The minimum atomic E-state index is -0.722. The van der Waals surface area contributed by atoms with Gasteiger partial charge in [-0.1, -0.05) is 6.07 Å². The second kappa shape index (κ2) is 7.23. The minimum absolute atomic E-state index is 0.0629. The van der Waals surface area contributed by atoms with Crippen LogP contribution in [-0.4, -0.2) is 46.7 Å². The van der Waals surface area contributed by atoms with Gasteiger partial charge in [-0.15, -0.1) is 0 Å². The van der Waals surface area contributed by atoms with Gasteiger partial charge in [0.05, 0.1) is 5.69 Å². The van der Waals surface area contributed by atoms with Crippen LogP contribution in [-0.2, 0) is 11.3 Å². The highest BCUT2D eigenvalue weighted by atomic mass is 19.1. The number of carbonyl (C=O) groups is 1. The van der Waals surface area contributed by atoms with E-state index in [1.165, 1.54) is 12.1 Å². The molecule has 25 heavy (non-hydrogen) atoms. The Morgan fingerprint density at radius 1 is 1.36 bits per heavy atom. The highest BCUT2D eigenvalue weighted by Crippen LogP contribution is 2.28. The van der Waals surface area contributed by atoms with Gasteiger partial charge < -0.3 is 10.6 Å². The molecule has 1 saturated heterocycles. The van der Waals surface area contributed by atoms with Crippen LogP contribution in [0.5, 0.6) is 0 Å². The lowest BCUT2D eigenvalue weighted by atomic mass is 9.86. The molecule has 3 N–H and O–H groups in total. The Bertz CT molecular complexity index is 737. The number of nitrogens with one attached hydrogen (secondary N) is 3. The number of H-pyrrole nitrogens is 1. The van der Waals surface area contributed by atoms with E-state index in [4.69, 9.17) is 0 Å². The van der Waals surface area contributed by atoms with Crippen molar-refractivity contribution in [2.75, 3.05) is 25.5 Å². The molecule has 1 fully saturated rings. The summed E-state index contributed by atoms with van der Waals surface area (Å²) in [6, 6.07) is 8.28. The van der Waals surface area contributed by atoms with Crippen LogP contribution in [0.3, 0.4) is 0 Å². The number of aryl methyl sites for hydroxylation is 1. The Balaban J connectivity index is 1.69. The molecule has 1 amide bonds. The molecular weight excluding hydrogens is 321 g/mol. The number of aromatic nitrogens is 2. The van der Waals surface area contributed by atoms with E-state index in [2.05, 4.69) is 25.7 Å². The highest BCUT2D eigenvalue weighted by molar-refractivity contribution is 5.89. The topological polar surface area (TPSA) is 73.1 Å². The van der Waals surface area contributed by atoms with Crippen molar-refractivity contribution < 1.29 is 9.18 Å². The Labute approximate surface area is 146 Å². The molecule has 134 valence electrons. The number of hydrogen-bond acceptors (Lipinski definition) is 4. The average molecular weight is 345 g/mol. The zero-order valence-electron chi connectivity index (χ0n) is 14.6. The van der Waals surface area contributed by atoms with Gasteiger partial charge in [-0.25, -0.2) is 4.39 Å². The lowest BCUT2D eigenvalue weighted by Gasteiger charge is -2.41. The number of likely N-dealkylation sites (N-methyl/N-ethyl adjacent to an activating group) is 1. The number of amides is 1. The Hall–Kier alpha value is -2.41. The molecular formula is C18H24FN5O. The lowest BCUT2D eigenvalue weighted by molar-refractivity contribution is -0.126. The van der Waals surface area contributed by atoms with Gasteiger partial charge in [0.25, 0.3) is 0 Å². The van der Waals surface area contributed by atoms with Gasteiger partial charge in [0.15, 0.2) is 0 Å². The monoisotopic (exact) mass is 345 g/mol. The second-order valence-corrected chi connectivity index (χ2v) is 6.62. The number of halogens is 1. The van der Waals surface area contributed by atoms with Gasteiger partial charge in [0.2, 0.25) is 5.91 Å². The zero-order valence-corrected chi connectivity index (χ0v) is 14.6. The van der Waals surface area contributed by atoms with Gasteiger partial charge in [0, 0.05) is 38.1 Å². The number of rotatable bonds is 5. The molecule has 2 aromatic rings. The second-order valence-electron chi connectivity index (χ2n) is 6.62. The summed E-state index contributed by atoms with van der Waals surface area (Å²) in [7, 11) is 1.64. The summed E-state index contributed by atoms with van der Waals surface area (Å²) >= 11 is 0. The van der Waals surface area contributed by atoms with Gasteiger partial charge in [-0.3, -0.25) is 14.8 Å². The van der Waals surface area contributed by atoms with Crippen molar-refractivity contribution in [3.63, 3.8) is 0 Å². The molecule has 1 aliphatic heterocycles. The lowest BCUT2D eigenvalue weighted by Crippen LogP contribution is -2.57. The molecule has 1 aromatic carbocycles. The normalized spacial score (nSPS) is 17.2. The Morgan fingerprint density at radius 3 is 2.72 bits per heavy atom. The van der Waals surface area contributed by atoms with Crippen molar-refractivity contribution in [1.82, 2.24) is 20.4 Å². The first-order chi connectivity index (χ1) is 12.0. The molecule has 3 rings (SSSR count). The zero-order chi connectivity index (χ0) is 17.9. The summed E-state index contributed by atoms with van der Waals surface area (Å²) < 4.78 is 13.5. The van der Waals surface area contributed by atoms with Crippen LogP contribution in [0, 0.1) is 12.7 Å². The third-order valence-electron chi connectivity index (χ3n) is 4.72. The van der Waals surface area contributed by atoms with E-state index in [0.717, 1.165) is 31.0 Å². The molecule has 0 saturated carbocycles. The fraction of sp³-hybridized carbons (Fsp3) is 0.444. The van der Waals surface area contributed by atoms with Crippen LogP contribution in [0.1, 0.15) is 24.2 Å². The smallest absolute Gasteiger partial charge is 0.245 e. The number of likely N-dealkylation sites (tertiary alicyclic amines) is 1. The average Bonchev–Trinajstić information content (AvgIpc) is 3.01. The van der Waals surface area contributed by atoms with Crippen LogP contribution in [0.15, 0.2) is 30.3 Å². The van der Waals surface area contributed by atoms with Gasteiger partial charge in [-0.05, 0) is 44.0 Å². The quantitative estimate of drug-likeness (QED) is 0.775. The molecule has 2 heterocycles. The van der Waals surface area contributed by atoms with Gasteiger partial charge >= 0.3 is 0 Å². The first-order valence-corrected chi connectivity index (χ1v) is 8.50. The molecule has 0 aliphatic carbocycles. The minimum Gasteiger partial charge on any atom is -0.371 e. The maximum atomic E-state index is 13.5. The predicted octanol–water partition coefficient (Wildman–Crippen LogP) is 2.05. The first kappa shape index (κ1) is 17.4. The van der Waals surface area contributed by atoms with Crippen LogP contribution in [0.25, 0.3) is 0 Å². The maximum absolute atomic E-state index is 13.5. The van der Waals surface area contributed by atoms with Crippen LogP contribution >= 0.6 is 0 Å². The summed E-state index contributed by atoms with van der Waals surface area (Å²) in [6.45, 7) is 4.27. The van der Waals surface area contributed by atoms with E-state index in [-0.39, 0.29) is 11.7 Å². The first-order valence-electron chi connectivity index (χ1n) is 8.50. The molecule has 6 nitrogen and oxygen atoms in total. The van der Waals surface area contributed by atoms with Crippen molar-refractivity contribution in [3.05, 3.63) is 47.5 Å². The van der Waals surface area contributed by atoms with Crippen LogP contribution in [0.2, 0.25) is 0 Å². The van der Waals surface area contributed by atoms with Crippen LogP contribution < -0.4 is 10.6 Å². The fourth-order valence-electron chi connectivity index (χ4n) is 3.37. The molecule has 1 aromatic heterocycles. The molecule has 0 radical (unpaired) electrons. The Morgan fingerprint density at radius 2 is 2.12 bits per heavy atom. The number of anilines is 1. The molecule has 0 spiro atoms. The van der Waals surface area contributed by atoms with E-state index >= 15 is 0 Å². The van der Waals surface area contributed by atoms with Crippen LogP contribution in [0.4, 0.5) is 10.1 Å². The van der Waals surface area contributed by atoms with Crippen molar-refractivity contribution in [3.8, 4) is 0 Å². The van der Waals surface area contributed by atoms with E-state index in [1.54, 1.807) is 19.2 Å². The number of carbonyl (C=O) groups excluding carboxylic acids is 1. The van der Waals surface area contributed by atoms with Crippen molar-refractivity contribution >= 4 is 11.6 Å². The molecule has 1 aliphatic rings. The third kappa shape index (κ3) is 3.99. The van der Waals surface area contributed by atoms with E-state index in [0.29, 0.717) is 18.5 Å². The summed E-state index contributed by atoms with van der Waals surface area (Å²) in [5.41, 5.74) is 1.95. The third-order valence-corrected chi connectivity index (χ3v) is 4.72. The van der Waals surface area contributed by atoms with Crippen molar-refractivity contribution in [2.24, 2.45) is 0 Å². The van der Waals surface area contributed by atoms with E-state index in [9.17, 15) is 9.18 Å². The number of nitrogens with zero attached hydrogens (tertiary/aromatic N) is 2. The maximum Gasteiger partial charge on any atom is 0.245 e. The number of benzene rings is 1. The van der Waals surface area contributed by atoms with E-state index in [1.807, 2.05) is 13.0 Å². The standard InChI is InChI=1S/C18H24FN5O/c1-13-10-16(23-22-13)12-24-8-6-18(7-9-24,17(25)20-2)21-15-5-3-4-14(19)11-15/h3-5,10-11,21H,6-9,12H2,1-2H3,(H,20,25)(H,22,23). The number of hydrogen-bond donors (Lipinski definition) is 3. The molecule has 7 heteroatoms. The number of aromatic amines is 1. The summed E-state index contributed by atoms with van der Waals surface area (Å²) in [5.74, 6) is -0.379. The fourth-order valence-corrected chi connectivity index (χ4v) is 3.37. The summed E-state index contributed by atoms with van der Waals surface area (Å²) in [5, 5.41) is 13.2. The van der Waals surface area contributed by atoms with Crippen molar-refractivity contribution in [1.29, 1.82) is 0 Å². The molecule has 0 unspecified atom stereocenters. The van der Waals surface area contributed by atoms with Gasteiger partial charge in [-0.2, -0.15) is 5.10 Å². The Kier molecular flexibility index (Phi) is 5.03. The van der Waals surface area contributed by atoms with Gasteiger partial charge in [0.1, 0.15) is 11.4 Å². The highest BCUT2D eigenvalue weighted by Gasteiger charge is 2.41. The van der Waals surface area contributed by atoms with Crippen molar-refractivity contribution in [2.45, 2.75) is 31.8 Å². The SMILES string of the molecule is CNC(=O)C1(Nc2cccc(F)c2)CCN(Cc2cc(C)[nH]n2)CC1. The van der Waals surface area contributed by atoms with E-state index < -0.39 is 5.54 Å².